The van der Waals surface area contributed by atoms with Crippen LogP contribution in [0.5, 0.6) is 5.75 Å². The van der Waals surface area contributed by atoms with Gasteiger partial charge in [0.15, 0.2) is 11.5 Å². The zero-order valence-electron chi connectivity index (χ0n) is 21.5. The standard InChI is InChI=1S/C28H31N3O4S.ClH/c1-5-30(6-2)17-16-29(3)28(34)26-24(35-4)23-25(36-26)20-14-10-11-15-21(20)31(27(23)33)18-22(32)19-12-8-7-9-13-19;/h7-15H,5-6,16-18H2,1-4H3;1H. The van der Waals surface area contributed by atoms with Gasteiger partial charge >= 0.3 is 0 Å². The van der Waals surface area contributed by atoms with E-state index in [-0.39, 0.29) is 42.0 Å². The first-order valence-corrected chi connectivity index (χ1v) is 12.9. The largest absolute Gasteiger partial charge is 0.494 e. The van der Waals surface area contributed by atoms with Gasteiger partial charge in [-0.3, -0.25) is 19.0 Å². The third-order valence-corrected chi connectivity index (χ3v) is 7.74. The van der Waals surface area contributed by atoms with Crippen LogP contribution in [0.15, 0.2) is 59.4 Å². The number of thiophene rings is 1. The second-order valence-electron chi connectivity index (χ2n) is 8.62. The SMILES string of the molecule is CCN(CC)CCN(C)C(=O)c1sc2c(c1OC)c(=O)n(CC(=O)c1ccccc1)c1ccccc21.Cl. The molecule has 7 nitrogen and oxygen atoms in total. The van der Waals surface area contributed by atoms with Crippen LogP contribution < -0.4 is 10.3 Å². The lowest BCUT2D eigenvalue weighted by molar-refractivity contribution is 0.0781. The smallest absolute Gasteiger partial charge is 0.267 e. The van der Waals surface area contributed by atoms with Crippen molar-refractivity contribution < 1.29 is 14.3 Å². The van der Waals surface area contributed by atoms with Crippen LogP contribution in [0.4, 0.5) is 0 Å². The van der Waals surface area contributed by atoms with Crippen LogP contribution in [0.25, 0.3) is 21.0 Å². The number of hydrogen-bond donors (Lipinski definition) is 0. The predicted octanol–water partition coefficient (Wildman–Crippen LogP) is 4.94. The molecule has 0 spiro atoms. The van der Waals surface area contributed by atoms with Gasteiger partial charge in [0.25, 0.3) is 11.5 Å². The van der Waals surface area contributed by atoms with Crippen LogP contribution in [0.2, 0.25) is 0 Å². The molecule has 2 heterocycles. The minimum atomic E-state index is -0.342. The van der Waals surface area contributed by atoms with Crippen molar-refractivity contribution in [3.8, 4) is 5.75 Å². The lowest BCUT2D eigenvalue weighted by Gasteiger charge is -2.23. The number of pyridine rings is 1. The second kappa shape index (κ2) is 12.4. The van der Waals surface area contributed by atoms with E-state index in [9.17, 15) is 14.4 Å². The molecule has 0 aliphatic heterocycles. The van der Waals surface area contributed by atoms with Crippen molar-refractivity contribution >= 4 is 56.4 Å². The van der Waals surface area contributed by atoms with E-state index in [2.05, 4.69) is 18.7 Å². The average molecular weight is 542 g/mol. The Balaban J connectivity index is 0.00000380. The molecule has 0 N–H and O–H groups in total. The van der Waals surface area contributed by atoms with E-state index in [1.54, 1.807) is 36.2 Å². The molecule has 0 fully saturated rings. The second-order valence-corrected chi connectivity index (χ2v) is 9.64. The average Bonchev–Trinajstić information content (AvgIpc) is 3.31. The maximum atomic E-state index is 13.8. The Morgan fingerprint density at radius 1 is 0.973 bits per heavy atom. The number of rotatable bonds is 10. The molecular weight excluding hydrogens is 510 g/mol. The number of aromatic nitrogens is 1. The Labute approximate surface area is 226 Å². The molecule has 9 heteroatoms. The van der Waals surface area contributed by atoms with Gasteiger partial charge in [0, 0.05) is 31.1 Å². The van der Waals surface area contributed by atoms with Gasteiger partial charge in [-0.15, -0.1) is 23.7 Å². The highest BCUT2D eigenvalue weighted by atomic mass is 35.5. The van der Waals surface area contributed by atoms with Crippen LogP contribution in [0, 0.1) is 0 Å². The molecule has 0 atom stereocenters. The summed E-state index contributed by atoms with van der Waals surface area (Å²) in [6, 6.07) is 16.4. The Kier molecular flexibility index (Phi) is 9.48. The van der Waals surface area contributed by atoms with Gasteiger partial charge in [-0.05, 0) is 19.2 Å². The molecule has 0 bridgehead atoms. The van der Waals surface area contributed by atoms with Crippen molar-refractivity contribution in [2.45, 2.75) is 20.4 Å². The number of halogens is 1. The Morgan fingerprint density at radius 2 is 1.62 bits per heavy atom. The summed E-state index contributed by atoms with van der Waals surface area (Å²) in [6.45, 7) is 7.24. The number of likely N-dealkylation sites (N-methyl/N-ethyl adjacent to an activating group) is 2. The molecule has 0 radical (unpaired) electrons. The van der Waals surface area contributed by atoms with E-state index >= 15 is 0 Å². The Morgan fingerprint density at radius 3 is 2.27 bits per heavy atom. The summed E-state index contributed by atoms with van der Waals surface area (Å²) >= 11 is 1.27. The third kappa shape index (κ3) is 5.56. The monoisotopic (exact) mass is 541 g/mol. The van der Waals surface area contributed by atoms with E-state index in [0.717, 1.165) is 25.0 Å². The van der Waals surface area contributed by atoms with Gasteiger partial charge < -0.3 is 14.5 Å². The number of benzene rings is 2. The number of methoxy groups -OCH3 is 1. The number of para-hydroxylation sites is 1. The fourth-order valence-corrected chi connectivity index (χ4v) is 5.69. The lowest BCUT2D eigenvalue weighted by Crippen LogP contribution is -2.36. The third-order valence-electron chi connectivity index (χ3n) is 6.55. The number of amides is 1. The minimum Gasteiger partial charge on any atom is -0.494 e. The molecule has 37 heavy (non-hydrogen) atoms. The van der Waals surface area contributed by atoms with Crippen LogP contribution in [0.1, 0.15) is 33.9 Å². The van der Waals surface area contributed by atoms with Crippen molar-refractivity contribution in [3.63, 3.8) is 0 Å². The predicted molar refractivity (Wildman–Crippen MR) is 153 cm³/mol. The normalized spacial score (nSPS) is 11.1. The number of ketones is 1. The summed E-state index contributed by atoms with van der Waals surface area (Å²) in [5, 5.41) is 1.14. The van der Waals surface area contributed by atoms with Gasteiger partial charge in [-0.1, -0.05) is 62.4 Å². The van der Waals surface area contributed by atoms with Gasteiger partial charge in [0.2, 0.25) is 0 Å². The van der Waals surface area contributed by atoms with Gasteiger partial charge in [-0.2, -0.15) is 0 Å². The summed E-state index contributed by atoms with van der Waals surface area (Å²) in [5.41, 5.74) is 0.847. The molecule has 0 saturated heterocycles. The molecule has 0 aliphatic carbocycles. The Bertz CT molecular complexity index is 1460. The topological polar surface area (TPSA) is 71.8 Å². The molecule has 196 valence electrons. The summed E-state index contributed by atoms with van der Waals surface area (Å²) in [4.78, 5) is 44.6. The minimum absolute atomic E-state index is 0. The Hall–Kier alpha value is -3.20. The number of carbonyl (C=O) groups excluding carboxylic acids is 2. The number of nitrogens with zero attached hydrogens (tertiary/aromatic N) is 3. The van der Waals surface area contributed by atoms with Crippen molar-refractivity contribution in [1.29, 1.82) is 0 Å². The maximum Gasteiger partial charge on any atom is 0.267 e. The van der Waals surface area contributed by atoms with Crippen LogP contribution in [-0.4, -0.2) is 66.4 Å². The molecule has 0 aliphatic rings. The fourth-order valence-electron chi connectivity index (χ4n) is 4.40. The summed E-state index contributed by atoms with van der Waals surface area (Å²) in [7, 11) is 3.24. The molecule has 2 aromatic carbocycles. The van der Waals surface area contributed by atoms with Crippen LogP contribution in [-0.2, 0) is 6.54 Å². The summed E-state index contributed by atoms with van der Waals surface area (Å²) in [5.74, 6) is -0.0780. The highest BCUT2D eigenvalue weighted by molar-refractivity contribution is 7.22. The number of Topliss-reactive ketones (excluding diaryl/α,β-unsaturated/α-hetero) is 1. The molecule has 4 aromatic rings. The zero-order chi connectivity index (χ0) is 25.8. The van der Waals surface area contributed by atoms with E-state index in [4.69, 9.17) is 4.74 Å². The molecule has 4 rings (SSSR count). The van der Waals surface area contributed by atoms with E-state index in [1.807, 2.05) is 30.3 Å². The summed E-state index contributed by atoms with van der Waals surface area (Å²) < 4.78 is 7.84. The zero-order valence-corrected chi connectivity index (χ0v) is 23.2. The van der Waals surface area contributed by atoms with Crippen LogP contribution in [0.3, 0.4) is 0 Å². The quantitative estimate of drug-likeness (QED) is 0.266. The molecule has 2 aromatic heterocycles. The highest BCUT2D eigenvalue weighted by Crippen LogP contribution is 2.40. The molecule has 0 unspecified atom stereocenters. The highest BCUT2D eigenvalue weighted by Gasteiger charge is 2.27. The van der Waals surface area contributed by atoms with Gasteiger partial charge in [0.1, 0.15) is 10.3 Å². The maximum absolute atomic E-state index is 13.8. The molecular formula is C28H32ClN3O4S. The number of hydrogen-bond acceptors (Lipinski definition) is 6. The van der Waals surface area contributed by atoms with Crippen LogP contribution >= 0.6 is 23.7 Å². The van der Waals surface area contributed by atoms with Crippen molar-refractivity contribution in [3.05, 3.63) is 75.4 Å². The van der Waals surface area contributed by atoms with Gasteiger partial charge in [0.05, 0.1) is 23.9 Å². The first kappa shape index (κ1) is 28.4. The number of ether oxygens (including phenoxy) is 1. The summed E-state index contributed by atoms with van der Waals surface area (Å²) in [6.07, 6.45) is 0. The first-order valence-electron chi connectivity index (χ1n) is 12.1. The molecule has 1 amide bonds. The fraction of sp³-hybridized carbons (Fsp3) is 0.321. The van der Waals surface area contributed by atoms with E-state index in [1.165, 1.54) is 23.0 Å². The van der Waals surface area contributed by atoms with E-state index < -0.39 is 0 Å². The number of carbonyl (C=O) groups is 2. The molecule has 0 saturated carbocycles. The van der Waals surface area contributed by atoms with Crippen molar-refractivity contribution in [2.24, 2.45) is 0 Å². The van der Waals surface area contributed by atoms with Crippen molar-refractivity contribution in [2.75, 3.05) is 40.3 Å². The lowest BCUT2D eigenvalue weighted by atomic mass is 10.1. The van der Waals surface area contributed by atoms with E-state index in [0.29, 0.717) is 32.6 Å². The number of fused-ring (bicyclic) bond motifs is 3. The van der Waals surface area contributed by atoms with Crippen molar-refractivity contribution in [1.82, 2.24) is 14.4 Å². The van der Waals surface area contributed by atoms with Gasteiger partial charge in [-0.25, -0.2) is 0 Å². The first-order chi connectivity index (χ1) is 17.4.